The molecule has 2 aromatic carbocycles. The number of ether oxygens (including phenoxy) is 3. The fraction of sp³-hybridized carbons (Fsp3) is 0.400. The SMILES string of the molecule is C=C(N[C@@H](CC(=O)OCC)Cc1ccc(-c2cc(F)ccc2OC)cc1)OC(C)(C)C. The highest BCUT2D eigenvalue weighted by Gasteiger charge is 2.19. The van der Waals surface area contributed by atoms with Crippen molar-refractivity contribution in [2.45, 2.75) is 52.2 Å². The van der Waals surface area contributed by atoms with Crippen LogP contribution in [0.2, 0.25) is 0 Å². The number of carbonyl (C=O) groups excluding carboxylic acids is 1. The van der Waals surface area contributed by atoms with Crippen LogP contribution in [-0.2, 0) is 20.7 Å². The van der Waals surface area contributed by atoms with Crippen molar-refractivity contribution < 1.29 is 23.4 Å². The summed E-state index contributed by atoms with van der Waals surface area (Å²) in [4.78, 5) is 12.1. The first-order valence-electron chi connectivity index (χ1n) is 10.3. The van der Waals surface area contributed by atoms with Gasteiger partial charge in [0.25, 0.3) is 0 Å². The molecule has 0 amide bonds. The van der Waals surface area contributed by atoms with E-state index in [2.05, 4.69) is 11.9 Å². The Bertz CT molecular complexity index is 887. The molecule has 0 spiro atoms. The van der Waals surface area contributed by atoms with E-state index >= 15 is 0 Å². The maximum atomic E-state index is 13.7. The zero-order chi connectivity index (χ0) is 23.0. The molecule has 2 rings (SSSR count). The molecule has 1 atom stereocenters. The maximum absolute atomic E-state index is 13.7. The number of methoxy groups -OCH3 is 1. The molecule has 168 valence electrons. The van der Waals surface area contributed by atoms with E-state index in [1.807, 2.05) is 45.0 Å². The lowest BCUT2D eigenvalue weighted by molar-refractivity contribution is -0.143. The Hall–Kier alpha value is -3.02. The molecule has 1 N–H and O–H groups in total. The van der Waals surface area contributed by atoms with Gasteiger partial charge in [0.2, 0.25) is 0 Å². The van der Waals surface area contributed by atoms with Crippen LogP contribution in [0.1, 0.15) is 39.7 Å². The molecular weight excluding hydrogens is 397 g/mol. The van der Waals surface area contributed by atoms with Gasteiger partial charge in [-0.25, -0.2) is 4.39 Å². The van der Waals surface area contributed by atoms with Crippen LogP contribution in [-0.4, -0.2) is 31.3 Å². The minimum Gasteiger partial charge on any atom is -0.496 e. The van der Waals surface area contributed by atoms with Gasteiger partial charge in [0.05, 0.1) is 20.1 Å². The molecule has 0 aromatic heterocycles. The molecular formula is C25H32FNO4. The number of hydrogen-bond acceptors (Lipinski definition) is 5. The second-order valence-electron chi connectivity index (χ2n) is 8.23. The van der Waals surface area contributed by atoms with Crippen LogP contribution in [0.25, 0.3) is 11.1 Å². The van der Waals surface area contributed by atoms with Crippen molar-refractivity contribution >= 4 is 5.97 Å². The minimum atomic E-state index is -0.399. The van der Waals surface area contributed by atoms with Gasteiger partial charge < -0.3 is 19.5 Å². The van der Waals surface area contributed by atoms with Crippen LogP contribution in [0.15, 0.2) is 54.9 Å². The molecule has 0 fully saturated rings. The second-order valence-corrected chi connectivity index (χ2v) is 8.23. The Kier molecular flexibility index (Phi) is 8.48. The maximum Gasteiger partial charge on any atom is 0.307 e. The number of nitrogens with one attached hydrogen (secondary N) is 1. The molecule has 2 aromatic rings. The second kappa shape index (κ2) is 10.8. The quantitative estimate of drug-likeness (QED) is 0.413. The van der Waals surface area contributed by atoms with E-state index in [9.17, 15) is 9.18 Å². The van der Waals surface area contributed by atoms with E-state index in [-0.39, 0.29) is 24.2 Å². The summed E-state index contributed by atoms with van der Waals surface area (Å²) in [6.07, 6.45) is 0.742. The van der Waals surface area contributed by atoms with Gasteiger partial charge in [-0.3, -0.25) is 4.79 Å². The molecule has 31 heavy (non-hydrogen) atoms. The van der Waals surface area contributed by atoms with Crippen molar-refractivity contribution in [2.75, 3.05) is 13.7 Å². The van der Waals surface area contributed by atoms with Gasteiger partial charge in [-0.2, -0.15) is 0 Å². The van der Waals surface area contributed by atoms with Crippen LogP contribution in [0.5, 0.6) is 5.75 Å². The van der Waals surface area contributed by atoms with Gasteiger partial charge in [-0.05, 0) is 70.0 Å². The van der Waals surface area contributed by atoms with E-state index in [0.717, 1.165) is 11.1 Å². The van der Waals surface area contributed by atoms with Gasteiger partial charge in [0, 0.05) is 11.6 Å². The molecule has 0 heterocycles. The minimum absolute atomic E-state index is 0.180. The molecule has 0 aliphatic carbocycles. The van der Waals surface area contributed by atoms with Crippen molar-refractivity contribution in [3.05, 3.63) is 66.3 Å². The Morgan fingerprint density at radius 3 is 2.42 bits per heavy atom. The lowest BCUT2D eigenvalue weighted by Gasteiger charge is -2.27. The first-order chi connectivity index (χ1) is 14.6. The summed E-state index contributed by atoms with van der Waals surface area (Å²) in [6, 6.07) is 11.9. The topological polar surface area (TPSA) is 56.8 Å². The Morgan fingerprint density at radius 2 is 1.84 bits per heavy atom. The summed E-state index contributed by atoms with van der Waals surface area (Å²) < 4.78 is 29.9. The highest BCUT2D eigenvalue weighted by molar-refractivity contribution is 5.71. The smallest absolute Gasteiger partial charge is 0.307 e. The normalized spacial score (nSPS) is 12.1. The largest absolute Gasteiger partial charge is 0.496 e. The Labute approximate surface area is 184 Å². The van der Waals surface area contributed by atoms with E-state index in [0.29, 0.717) is 30.2 Å². The average Bonchev–Trinajstić information content (AvgIpc) is 2.67. The molecule has 0 bridgehead atoms. The van der Waals surface area contributed by atoms with Crippen molar-refractivity contribution in [3.8, 4) is 16.9 Å². The van der Waals surface area contributed by atoms with E-state index in [4.69, 9.17) is 14.2 Å². The predicted molar refractivity (Wildman–Crippen MR) is 120 cm³/mol. The zero-order valence-corrected chi connectivity index (χ0v) is 19.0. The third kappa shape index (κ3) is 7.96. The van der Waals surface area contributed by atoms with E-state index < -0.39 is 5.60 Å². The number of halogens is 1. The van der Waals surface area contributed by atoms with Crippen LogP contribution in [0.3, 0.4) is 0 Å². The van der Waals surface area contributed by atoms with Gasteiger partial charge in [-0.15, -0.1) is 0 Å². The van der Waals surface area contributed by atoms with Gasteiger partial charge >= 0.3 is 5.97 Å². The number of esters is 1. The summed E-state index contributed by atoms with van der Waals surface area (Å²) in [5.74, 6) is 0.398. The third-order valence-electron chi connectivity index (χ3n) is 4.42. The monoisotopic (exact) mass is 429 g/mol. The van der Waals surface area contributed by atoms with Crippen molar-refractivity contribution in [3.63, 3.8) is 0 Å². The predicted octanol–water partition coefficient (Wildman–Crippen LogP) is 5.24. The molecule has 0 aliphatic heterocycles. The molecule has 5 nitrogen and oxygen atoms in total. The highest BCUT2D eigenvalue weighted by atomic mass is 19.1. The van der Waals surface area contributed by atoms with Crippen LogP contribution < -0.4 is 10.1 Å². The number of carbonyl (C=O) groups is 1. The summed E-state index contributed by atoms with van der Waals surface area (Å²) in [5, 5.41) is 3.20. The molecule has 0 radical (unpaired) electrons. The Morgan fingerprint density at radius 1 is 1.16 bits per heavy atom. The molecule has 0 unspecified atom stereocenters. The summed E-state index contributed by atoms with van der Waals surface area (Å²) in [7, 11) is 1.56. The Balaban J connectivity index is 2.17. The van der Waals surface area contributed by atoms with Gasteiger partial charge in [0.1, 0.15) is 17.2 Å². The average molecular weight is 430 g/mol. The number of rotatable bonds is 10. The zero-order valence-electron chi connectivity index (χ0n) is 19.0. The summed E-state index contributed by atoms with van der Waals surface area (Å²) >= 11 is 0. The number of hydrogen-bond donors (Lipinski definition) is 1. The molecule has 0 saturated heterocycles. The number of benzene rings is 2. The fourth-order valence-electron chi connectivity index (χ4n) is 3.23. The lowest BCUT2D eigenvalue weighted by Crippen LogP contribution is -2.36. The van der Waals surface area contributed by atoms with E-state index in [1.54, 1.807) is 20.1 Å². The van der Waals surface area contributed by atoms with Crippen molar-refractivity contribution in [1.82, 2.24) is 5.32 Å². The standard InChI is InChI=1S/C25H32FNO4/c1-7-30-24(28)16-21(27-17(2)31-25(3,4)5)14-18-8-10-19(11-9-18)22-15-20(26)12-13-23(22)29-6/h8-13,15,21,27H,2,7,14,16H2,1,3-6H3/t21-/m1/s1. The summed E-state index contributed by atoms with van der Waals surface area (Å²) in [6.45, 7) is 11.8. The first-order valence-corrected chi connectivity index (χ1v) is 10.3. The fourth-order valence-corrected chi connectivity index (χ4v) is 3.23. The van der Waals surface area contributed by atoms with E-state index in [1.165, 1.54) is 12.1 Å². The third-order valence-corrected chi connectivity index (χ3v) is 4.42. The lowest BCUT2D eigenvalue weighted by atomic mass is 9.99. The van der Waals surface area contributed by atoms with Gasteiger partial charge in [0.15, 0.2) is 5.88 Å². The molecule has 0 saturated carbocycles. The molecule has 0 aliphatic rings. The van der Waals surface area contributed by atoms with Crippen LogP contribution in [0.4, 0.5) is 4.39 Å². The van der Waals surface area contributed by atoms with Crippen molar-refractivity contribution in [1.29, 1.82) is 0 Å². The van der Waals surface area contributed by atoms with Crippen molar-refractivity contribution in [2.24, 2.45) is 0 Å². The molecule has 6 heteroatoms. The summed E-state index contributed by atoms with van der Waals surface area (Å²) in [5.41, 5.74) is 2.13. The highest BCUT2D eigenvalue weighted by Crippen LogP contribution is 2.31. The van der Waals surface area contributed by atoms with Crippen LogP contribution in [0, 0.1) is 5.82 Å². The first kappa shape index (κ1) is 24.3. The van der Waals surface area contributed by atoms with Crippen LogP contribution >= 0.6 is 0 Å². The van der Waals surface area contributed by atoms with Gasteiger partial charge in [-0.1, -0.05) is 24.3 Å².